The molecule has 0 bridgehead atoms. The summed E-state index contributed by atoms with van der Waals surface area (Å²) in [6.45, 7) is 3.99. The molecule has 1 aromatic heterocycles. The number of rotatable bonds is 12. The number of alkyl halides is 3. The summed E-state index contributed by atoms with van der Waals surface area (Å²) >= 11 is 1.52. The van der Waals surface area contributed by atoms with E-state index in [2.05, 4.69) is 5.16 Å². The Kier molecular flexibility index (Phi) is 10.9. The van der Waals surface area contributed by atoms with Crippen molar-refractivity contribution in [2.75, 3.05) is 12.9 Å². The molecule has 0 aliphatic rings. The number of hydrogen-bond donors (Lipinski definition) is 1. The van der Waals surface area contributed by atoms with Crippen molar-refractivity contribution in [2.45, 2.75) is 38.8 Å². The normalized spacial score (nSPS) is 14.4. The number of halogens is 3. The van der Waals surface area contributed by atoms with Crippen LogP contribution >= 0.6 is 11.8 Å². The molecular formula is C26H28F3NO4S. The van der Waals surface area contributed by atoms with Gasteiger partial charge >= 0.3 is 12.1 Å². The van der Waals surface area contributed by atoms with Gasteiger partial charge in [-0.3, -0.25) is 4.79 Å². The molecule has 0 amide bonds. The van der Waals surface area contributed by atoms with Crippen LogP contribution in [-0.4, -0.2) is 35.3 Å². The van der Waals surface area contributed by atoms with Gasteiger partial charge in [0.25, 0.3) is 0 Å². The SMILES string of the molecule is C/C=C(\C=C/CC(F)(F)F)/C=C/C(C)=C(/COc1ccc(C(CC(=O)O)c2ccon2)cc1)SC. The molecule has 0 fully saturated rings. The molecule has 35 heavy (non-hydrogen) atoms. The van der Waals surface area contributed by atoms with E-state index in [4.69, 9.17) is 9.26 Å². The van der Waals surface area contributed by atoms with Gasteiger partial charge in [0.15, 0.2) is 0 Å². The molecule has 0 radical (unpaired) electrons. The zero-order chi connectivity index (χ0) is 25.8. The maximum absolute atomic E-state index is 12.3. The molecule has 2 rings (SSSR count). The van der Waals surface area contributed by atoms with E-state index >= 15 is 0 Å². The second-order valence-electron chi connectivity index (χ2n) is 7.59. The van der Waals surface area contributed by atoms with Gasteiger partial charge in [0.1, 0.15) is 18.6 Å². The largest absolute Gasteiger partial charge is 0.488 e. The number of benzene rings is 1. The van der Waals surface area contributed by atoms with Crippen LogP contribution in [0.2, 0.25) is 0 Å². The lowest BCUT2D eigenvalue weighted by Gasteiger charge is -2.14. The number of hydrogen-bond acceptors (Lipinski definition) is 5. The summed E-state index contributed by atoms with van der Waals surface area (Å²) in [6.07, 6.45) is 5.94. The van der Waals surface area contributed by atoms with E-state index in [1.54, 1.807) is 49.4 Å². The molecule has 2 aromatic rings. The van der Waals surface area contributed by atoms with Crippen molar-refractivity contribution in [3.05, 3.63) is 94.3 Å². The Balaban J connectivity index is 2.05. The zero-order valence-electron chi connectivity index (χ0n) is 19.7. The molecule has 0 saturated heterocycles. The summed E-state index contributed by atoms with van der Waals surface area (Å²) in [5.41, 5.74) is 2.94. The highest BCUT2D eigenvalue weighted by Gasteiger charge is 2.24. The summed E-state index contributed by atoms with van der Waals surface area (Å²) in [5, 5.41) is 13.1. The average Bonchev–Trinajstić information content (AvgIpc) is 3.34. The van der Waals surface area contributed by atoms with Crippen molar-refractivity contribution < 1.29 is 32.3 Å². The molecule has 1 unspecified atom stereocenters. The van der Waals surface area contributed by atoms with Crippen LogP contribution in [0.4, 0.5) is 13.2 Å². The lowest BCUT2D eigenvalue weighted by atomic mass is 9.92. The van der Waals surface area contributed by atoms with Gasteiger partial charge in [-0.25, -0.2) is 0 Å². The van der Waals surface area contributed by atoms with Gasteiger partial charge in [-0.15, -0.1) is 11.8 Å². The first-order valence-electron chi connectivity index (χ1n) is 10.8. The minimum atomic E-state index is -4.22. The van der Waals surface area contributed by atoms with Crippen molar-refractivity contribution in [2.24, 2.45) is 0 Å². The van der Waals surface area contributed by atoms with E-state index in [0.717, 1.165) is 22.1 Å². The molecule has 9 heteroatoms. The fraction of sp³-hybridized carbons (Fsp3) is 0.308. The highest BCUT2D eigenvalue weighted by atomic mass is 32.2. The molecule has 5 nitrogen and oxygen atoms in total. The highest BCUT2D eigenvalue weighted by Crippen LogP contribution is 2.29. The minimum Gasteiger partial charge on any atom is -0.488 e. The van der Waals surface area contributed by atoms with Crippen LogP contribution < -0.4 is 4.74 Å². The standard InChI is InChI=1S/C26H28F3NO4S/c1-4-19(6-5-14-26(27,28)29)8-7-18(2)24(35-3)17-33-21-11-9-20(10-12-21)22(16-25(31)32)23-13-15-34-30-23/h4-13,15,22H,14,16-17H2,1-3H3,(H,31,32)/b6-5-,8-7+,19-4+,24-18-. The van der Waals surface area contributed by atoms with Gasteiger partial charge in [0.05, 0.1) is 18.5 Å². The van der Waals surface area contributed by atoms with E-state index in [0.29, 0.717) is 23.6 Å². The van der Waals surface area contributed by atoms with E-state index in [-0.39, 0.29) is 6.42 Å². The molecule has 0 saturated carbocycles. The number of thioether (sulfide) groups is 1. The smallest absolute Gasteiger partial charge is 0.392 e. The van der Waals surface area contributed by atoms with Crippen LogP contribution in [0.5, 0.6) is 5.75 Å². The first-order chi connectivity index (χ1) is 16.6. The van der Waals surface area contributed by atoms with Crippen LogP contribution in [0.3, 0.4) is 0 Å². The first-order valence-corrected chi connectivity index (χ1v) is 12.0. The summed E-state index contributed by atoms with van der Waals surface area (Å²) in [6, 6.07) is 8.81. The molecule has 1 heterocycles. The number of carboxylic acids is 1. The Morgan fingerprint density at radius 1 is 1.20 bits per heavy atom. The number of aromatic nitrogens is 1. The Labute approximate surface area is 207 Å². The lowest BCUT2D eigenvalue weighted by molar-refractivity contribution is -0.137. The minimum absolute atomic E-state index is 0.114. The second kappa shape index (κ2) is 13.6. The van der Waals surface area contributed by atoms with Gasteiger partial charge in [-0.05, 0) is 48.9 Å². The van der Waals surface area contributed by atoms with Gasteiger partial charge in [0.2, 0.25) is 0 Å². The van der Waals surface area contributed by atoms with Crippen molar-refractivity contribution in [1.29, 1.82) is 0 Å². The van der Waals surface area contributed by atoms with Crippen molar-refractivity contribution >= 4 is 17.7 Å². The third-order valence-electron chi connectivity index (χ3n) is 5.05. The second-order valence-corrected chi connectivity index (χ2v) is 8.49. The molecule has 188 valence electrons. The Morgan fingerprint density at radius 2 is 1.91 bits per heavy atom. The maximum Gasteiger partial charge on any atom is 0.392 e. The number of nitrogens with zero attached hydrogens (tertiary/aromatic N) is 1. The zero-order valence-corrected chi connectivity index (χ0v) is 20.5. The van der Waals surface area contributed by atoms with Gasteiger partial charge in [0, 0.05) is 16.9 Å². The maximum atomic E-state index is 12.3. The number of carbonyl (C=O) groups is 1. The molecule has 0 spiro atoms. The number of allylic oxidation sites excluding steroid dienone is 7. The van der Waals surface area contributed by atoms with Crippen LogP contribution in [0.15, 0.2) is 87.5 Å². The number of carboxylic acid groups (broad SMARTS) is 1. The van der Waals surface area contributed by atoms with Crippen molar-refractivity contribution in [1.82, 2.24) is 5.16 Å². The van der Waals surface area contributed by atoms with E-state index in [1.165, 1.54) is 24.1 Å². The predicted molar refractivity (Wildman–Crippen MR) is 131 cm³/mol. The Hall–Kier alpha value is -3.20. The van der Waals surface area contributed by atoms with E-state index < -0.39 is 24.5 Å². The average molecular weight is 508 g/mol. The van der Waals surface area contributed by atoms with E-state index in [1.807, 2.05) is 19.3 Å². The predicted octanol–water partition coefficient (Wildman–Crippen LogP) is 7.31. The van der Waals surface area contributed by atoms with Gasteiger partial charge in [-0.1, -0.05) is 47.7 Å². The summed E-state index contributed by atoms with van der Waals surface area (Å²) in [7, 11) is 0. The van der Waals surface area contributed by atoms with Crippen LogP contribution in [-0.2, 0) is 4.79 Å². The Bertz CT molecular complexity index is 1070. The molecule has 0 aliphatic heterocycles. The summed E-state index contributed by atoms with van der Waals surface area (Å²) in [4.78, 5) is 12.2. The fourth-order valence-electron chi connectivity index (χ4n) is 3.14. The molecule has 1 N–H and O–H groups in total. The van der Waals surface area contributed by atoms with Crippen LogP contribution in [0, 0.1) is 0 Å². The fourth-order valence-corrected chi connectivity index (χ4v) is 3.71. The van der Waals surface area contributed by atoms with Gasteiger partial charge < -0.3 is 14.4 Å². The van der Waals surface area contributed by atoms with Crippen molar-refractivity contribution in [3.63, 3.8) is 0 Å². The van der Waals surface area contributed by atoms with Crippen LogP contribution in [0.25, 0.3) is 0 Å². The lowest BCUT2D eigenvalue weighted by Crippen LogP contribution is -2.08. The van der Waals surface area contributed by atoms with Crippen molar-refractivity contribution in [3.8, 4) is 5.75 Å². The monoisotopic (exact) mass is 507 g/mol. The molecule has 1 atom stereocenters. The molecule has 1 aromatic carbocycles. The third kappa shape index (κ3) is 9.90. The highest BCUT2D eigenvalue weighted by molar-refractivity contribution is 8.02. The quantitative estimate of drug-likeness (QED) is 0.304. The number of aliphatic carboxylic acids is 1. The van der Waals surface area contributed by atoms with Crippen LogP contribution in [0.1, 0.15) is 43.9 Å². The molecule has 0 aliphatic carbocycles. The molecular weight excluding hydrogens is 479 g/mol. The van der Waals surface area contributed by atoms with Gasteiger partial charge in [-0.2, -0.15) is 13.2 Å². The first kappa shape index (κ1) is 28.0. The summed E-state index contributed by atoms with van der Waals surface area (Å²) < 4.78 is 47.8. The summed E-state index contributed by atoms with van der Waals surface area (Å²) in [5.74, 6) is -0.746. The topological polar surface area (TPSA) is 72.6 Å². The number of ether oxygens (including phenoxy) is 1. The van der Waals surface area contributed by atoms with E-state index in [9.17, 15) is 23.1 Å². The Morgan fingerprint density at radius 3 is 2.46 bits per heavy atom. The third-order valence-corrected chi connectivity index (χ3v) is 5.98.